The number of aryl methyl sites for hydroxylation is 1. The first-order valence-electron chi connectivity index (χ1n) is 4.63. The molecule has 0 saturated heterocycles. The number of hydrogen-bond acceptors (Lipinski definition) is 4. The predicted molar refractivity (Wildman–Crippen MR) is 54.2 cm³/mol. The second kappa shape index (κ2) is 3.98. The summed E-state index contributed by atoms with van der Waals surface area (Å²) in [6.45, 7) is 3.77. The zero-order valence-electron chi connectivity index (χ0n) is 9.43. The number of aliphatic carboxylic acids is 1. The molecule has 0 aliphatic heterocycles. The van der Waals surface area contributed by atoms with Crippen molar-refractivity contribution >= 4 is 5.97 Å². The molecule has 0 saturated carbocycles. The van der Waals surface area contributed by atoms with Gasteiger partial charge in [0.25, 0.3) is 0 Å². The molecule has 1 rings (SSSR count). The smallest absolute Gasteiger partial charge is 0.323 e. The van der Waals surface area contributed by atoms with Crippen molar-refractivity contribution in [3.05, 3.63) is 12.2 Å². The van der Waals surface area contributed by atoms with Crippen LogP contribution in [0.3, 0.4) is 0 Å². The zero-order valence-corrected chi connectivity index (χ0v) is 9.43. The molecule has 15 heavy (non-hydrogen) atoms. The summed E-state index contributed by atoms with van der Waals surface area (Å²) in [6.07, 6.45) is 1.59. The van der Waals surface area contributed by atoms with Gasteiger partial charge in [-0.25, -0.2) is 0 Å². The number of carbonyl (C=O) groups is 1. The van der Waals surface area contributed by atoms with Crippen molar-refractivity contribution in [2.75, 3.05) is 7.05 Å². The number of nitrogens with zero attached hydrogens (tertiary/aromatic N) is 4. The third kappa shape index (κ3) is 2.33. The van der Waals surface area contributed by atoms with E-state index in [4.69, 9.17) is 5.11 Å². The van der Waals surface area contributed by atoms with Crippen molar-refractivity contribution in [1.29, 1.82) is 0 Å². The van der Waals surface area contributed by atoms with Gasteiger partial charge in [0, 0.05) is 7.05 Å². The summed E-state index contributed by atoms with van der Waals surface area (Å²) in [5, 5.41) is 16.7. The minimum absolute atomic E-state index is 0.454. The van der Waals surface area contributed by atoms with Gasteiger partial charge >= 0.3 is 5.97 Å². The zero-order chi connectivity index (χ0) is 11.6. The van der Waals surface area contributed by atoms with Crippen LogP contribution in [0.15, 0.2) is 6.33 Å². The third-order valence-corrected chi connectivity index (χ3v) is 2.66. The first-order valence-corrected chi connectivity index (χ1v) is 4.63. The van der Waals surface area contributed by atoms with E-state index in [0.29, 0.717) is 6.54 Å². The fourth-order valence-electron chi connectivity index (χ4n) is 1.02. The number of carboxylic acids is 1. The van der Waals surface area contributed by atoms with E-state index in [-0.39, 0.29) is 0 Å². The standard InChI is InChI=1S/C9H16N4O2/c1-9(2,8(14)15)13(4)5-7-11-10-6-12(7)3/h6H,5H2,1-4H3,(H,14,15). The van der Waals surface area contributed by atoms with Crippen LogP contribution >= 0.6 is 0 Å². The molecule has 0 amide bonds. The van der Waals surface area contributed by atoms with E-state index in [1.54, 1.807) is 36.7 Å². The Morgan fingerprint density at radius 3 is 2.67 bits per heavy atom. The van der Waals surface area contributed by atoms with Crippen LogP contribution in [0.2, 0.25) is 0 Å². The molecule has 6 nitrogen and oxygen atoms in total. The highest BCUT2D eigenvalue weighted by atomic mass is 16.4. The van der Waals surface area contributed by atoms with Crippen molar-refractivity contribution in [2.45, 2.75) is 25.9 Å². The fraction of sp³-hybridized carbons (Fsp3) is 0.667. The Balaban J connectivity index is 2.76. The second-order valence-electron chi connectivity index (χ2n) is 4.08. The van der Waals surface area contributed by atoms with Gasteiger partial charge in [-0.1, -0.05) is 0 Å². The summed E-state index contributed by atoms with van der Waals surface area (Å²) >= 11 is 0. The SMILES string of the molecule is CN(Cc1nncn1C)C(C)(C)C(=O)O. The first kappa shape index (κ1) is 11.6. The van der Waals surface area contributed by atoms with Gasteiger partial charge in [-0.2, -0.15) is 0 Å². The van der Waals surface area contributed by atoms with E-state index in [2.05, 4.69) is 10.2 Å². The first-order chi connectivity index (χ1) is 6.85. The van der Waals surface area contributed by atoms with Crippen LogP contribution in [0.25, 0.3) is 0 Å². The molecule has 0 bridgehead atoms. The molecule has 0 unspecified atom stereocenters. The highest BCUT2D eigenvalue weighted by Gasteiger charge is 2.32. The lowest BCUT2D eigenvalue weighted by atomic mass is 10.0. The van der Waals surface area contributed by atoms with Crippen LogP contribution in [-0.2, 0) is 18.4 Å². The molecule has 1 heterocycles. The van der Waals surface area contributed by atoms with Crippen molar-refractivity contribution in [3.63, 3.8) is 0 Å². The molecule has 0 atom stereocenters. The molecule has 1 aromatic heterocycles. The van der Waals surface area contributed by atoms with Gasteiger partial charge in [0.05, 0.1) is 6.54 Å². The van der Waals surface area contributed by atoms with Gasteiger partial charge in [-0.05, 0) is 20.9 Å². The maximum Gasteiger partial charge on any atom is 0.323 e. The lowest BCUT2D eigenvalue weighted by Crippen LogP contribution is -2.47. The number of likely N-dealkylation sites (N-methyl/N-ethyl adjacent to an activating group) is 1. The maximum atomic E-state index is 11.0. The Kier molecular flexibility index (Phi) is 3.09. The van der Waals surface area contributed by atoms with E-state index in [1.165, 1.54) is 0 Å². The molecule has 0 aliphatic carbocycles. The van der Waals surface area contributed by atoms with Crippen LogP contribution in [0, 0.1) is 0 Å². The topological polar surface area (TPSA) is 71.2 Å². The second-order valence-corrected chi connectivity index (χ2v) is 4.08. The van der Waals surface area contributed by atoms with Gasteiger partial charge in [-0.15, -0.1) is 10.2 Å². The predicted octanol–water partition coefficient (Wildman–Crippen LogP) is 0.110. The summed E-state index contributed by atoms with van der Waals surface area (Å²) in [6, 6.07) is 0. The lowest BCUT2D eigenvalue weighted by Gasteiger charge is -2.30. The Hall–Kier alpha value is -1.43. The molecular formula is C9H16N4O2. The van der Waals surface area contributed by atoms with Crippen molar-refractivity contribution in [1.82, 2.24) is 19.7 Å². The number of aromatic nitrogens is 3. The van der Waals surface area contributed by atoms with Crippen molar-refractivity contribution in [3.8, 4) is 0 Å². The number of hydrogen-bond donors (Lipinski definition) is 1. The van der Waals surface area contributed by atoms with Gasteiger partial charge < -0.3 is 9.67 Å². The summed E-state index contributed by atoms with van der Waals surface area (Å²) in [7, 11) is 3.58. The Bertz CT molecular complexity index is 359. The maximum absolute atomic E-state index is 11.0. The highest BCUT2D eigenvalue weighted by Crippen LogP contribution is 2.14. The lowest BCUT2D eigenvalue weighted by molar-refractivity contribution is -0.148. The molecule has 1 N–H and O–H groups in total. The Morgan fingerprint density at radius 1 is 1.67 bits per heavy atom. The van der Waals surface area contributed by atoms with E-state index < -0.39 is 11.5 Å². The van der Waals surface area contributed by atoms with E-state index in [0.717, 1.165) is 5.82 Å². The van der Waals surface area contributed by atoms with Gasteiger partial charge in [0.1, 0.15) is 17.7 Å². The molecule has 84 valence electrons. The van der Waals surface area contributed by atoms with Crippen molar-refractivity contribution < 1.29 is 9.90 Å². The van der Waals surface area contributed by atoms with Crippen LogP contribution in [-0.4, -0.2) is 43.3 Å². The average Bonchev–Trinajstić information content (AvgIpc) is 2.51. The summed E-state index contributed by atoms with van der Waals surface area (Å²) < 4.78 is 1.77. The minimum Gasteiger partial charge on any atom is -0.480 e. The third-order valence-electron chi connectivity index (χ3n) is 2.66. The highest BCUT2D eigenvalue weighted by molar-refractivity contribution is 5.77. The molecule has 0 aliphatic rings. The summed E-state index contributed by atoms with van der Waals surface area (Å²) in [4.78, 5) is 12.7. The van der Waals surface area contributed by atoms with Crippen LogP contribution < -0.4 is 0 Å². The average molecular weight is 212 g/mol. The monoisotopic (exact) mass is 212 g/mol. The van der Waals surface area contributed by atoms with Crippen LogP contribution in [0.5, 0.6) is 0 Å². The van der Waals surface area contributed by atoms with Gasteiger partial charge in [0.2, 0.25) is 0 Å². The Labute approximate surface area is 88.5 Å². The van der Waals surface area contributed by atoms with Gasteiger partial charge in [-0.3, -0.25) is 9.69 Å². The minimum atomic E-state index is -0.911. The van der Waals surface area contributed by atoms with E-state index in [1.807, 2.05) is 7.05 Å². The van der Waals surface area contributed by atoms with Crippen LogP contribution in [0.4, 0.5) is 0 Å². The summed E-state index contributed by atoms with van der Waals surface area (Å²) in [5.41, 5.74) is -0.911. The number of carboxylic acid groups (broad SMARTS) is 1. The molecule has 0 radical (unpaired) electrons. The molecule has 0 aromatic carbocycles. The molecule has 1 aromatic rings. The summed E-state index contributed by atoms with van der Waals surface area (Å²) in [5.74, 6) is -0.112. The molecule has 0 fully saturated rings. The normalized spacial score (nSPS) is 12.1. The quantitative estimate of drug-likeness (QED) is 0.767. The molecule has 6 heteroatoms. The van der Waals surface area contributed by atoms with Crippen molar-refractivity contribution in [2.24, 2.45) is 7.05 Å². The number of rotatable bonds is 4. The molecular weight excluding hydrogens is 196 g/mol. The van der Waals surface area contributed by atoms with E-state index >= 15 is 0 Å². The Morgan fingerprint density at radius 2 is 2.27 bits per heavy atom. The van der Waals surface area contributed by atoms with Crippen LogP contribution in [0.1, 0.15) is 19.7 Å². The fourth-order valence-corrected chi connectivity index (χ4v) is 1.02. The van der Waals surface area contributed by atoms with Gasteiger partial charge in [0.15, 0.2) is 0 Å². The largest absolute Gasteiger partial charge is 0.480 e. The van der Waals surface area contributed by atoms with E-state index in [9.17, 15) is 4.79 Å². The molecule has 0 spiro atoms.